The van der Waals surface area contributed by atoms with Gasteiger partial charge in [-0.3, -0.25) is 4.79 Å². The van der Waals surface area contributed by atoms with Crippen molar-refractivity contribution in [1.82, 2.24) is 0 Å². The van der Waals surface area contributed by atoms with Gasteiger partial charge >= 0.3 is 6.18 Å². The first-order valence-corrected chi connectivity index (χ1v) is 4.36. The molecule has 2 rings (SSSR count). The maximum absolute atomic E-state index is 12.3. The summed E-state index contributed by atoms with van der Waals surface area (Å²) in [5.74, 6) is -0.147. The number of carbonyl (C=O) groups is 1. The van der Waals surface area contributed by atoms with Gasteiger partial charge in [-0.1, -0.05) is 0 Å². The van der Waals surface area contributed by atoms with E-state index in [1.54, 1.807) is 0 Å². The number of hydrogen-bond donors (Lipinski definition) is 0. The van der Waals surface area contributed by atoms with Crippen molar-refractivity contribution in [3.05, 3.63) is 29.3 Å². The van der Waals surface area contributed by atoms with E-state index >= 15 is 0 Å². The van der Waals surface area contributed by atoms with Crippen LogP contribution in [0.4, 0.5) is 13.2 Å². The molecule has 1 aromatic rings. The van der Waals surface area contributed by atoms with Gasteiger partial charge in [0.1, 0.15) is 5.75 Å². The SMILES string of the molecule is O=C1CCOc2cc(C(F)(F)F)ccc21.P.P. The minimum Gasteiger partial charge on any atom is -0.492 e. The number of benzene rings is 1. The molecule has 96 valence electrons. The van der Waals surface area contributed by atoms with Gasteiger partial charge in [0, 0.05) is 6.42 Å². The molecule has 1 heterocycles. The number of ether oxygens (including phenoxy) is 1. The zero-order valence-corrected chi connectivity index (χ0v) is 11.8. The molecule has 0 fully saturated rings. The van der Waals surface area contributed by atoms with E-state index in [1.165, 1.54) is 6.07 Å². The Bertz CT molecular complexity index is 419. The number of fused-ring (bicyclic) bond motifs is 1. The molecular weight excluding hydrogens is 271 g/mol. The quantitative estimate of drug-likeness (QED) is 0.685. The van der Waals surface area contributed by atoms with E-state index in [2.05, 4.69) is 0 Å². The van der Waals surface area contributed by atoms with E-state index in [1.807, 2.05) is 0 Å². The number of rotatable bonds is 0. The molecule has 7 heteroatoms. The zero-order valence-electron chi connectivity index (χ0n) is 9.01. The summed E-state index contributed by atoms with van der Waals surface area (Å²) in [7, 11) is 0. The summed E-state index contributed by atoms with van der Waals surface area (Å²) < 4.78 is 42.0. The first-order valence-electron chi connectivity index (χ1n) is 4.36. The van der Waals surface area contributed by atoms with Crippen molar-refractivity contribution >= 4 is 25.6 Å². The van der Waals surface area contributed by atoms with Gasteiger partial charge in [-0.2, -0.15) is 33.0 Å². The number of Topliss-reactive ketones (excluding diaryl/α,β-unsaturated/α-hetero) is 1. The summed E-state index contributed by atoms with van der Waals surface area (Å²) in [4.78, 5) is 11.3. The Morgan fingerprint density at radius 2 is 1.82 bits per heavy atom. The average molecular weight is 284 g/mol. The van der Waals surface area contributed by atoms with E-state index in [4.69, 9.17) is 4.74 Å². The molecule has 0 amide bonds. The molecule has 2 atom stereocenters. The lowest BCUT2D eigenvalue weighted by Gasteiger charge is -2.17. The summed E-state index contributed by atoms with van der Waals surface area (Å²) in [5.41, 5.74) is -0.565. The third-order valence-electron chi connectivity index (χ3n) is 2.20. The van der Waals surface area contributed by atoms with E-state index in [0.29, 0.717) is 0 Å². The predicted molar refractivity (Wildman–Crippen MR) is 68.1 cm³/mol. The maximum Gasteiger partial charge on any atom is 0.416 e. The average Bonchev–Trinajstić information content (AvgIpc) is 2.16. The Morgan fingerprint density at radius 3 is 2.41 bits per heavy atom. The van der Waals surface area contributed by atoms with Crippen LogP contribution in [-0.4, -0.2) is 12.4 Å². The van der Waals surface area contributed by atoms with Gasteiger partial charge in [-0.05, 0) is 18.2 Å². The molecule has 0 aliphatic carbocycles. The molecule has 1 aliphatic rings. The highest BCUT2D eigenvalue weighted by Crippen LogP contribution is 2.34. The second kappa shape index (κ2) is 5.79. The minimum atomic E-state index is -4.40. The molecule has 2 unspecified atom stereocenters. The first kappa shape index (κ1) is 16.3. The van der Waals surface area contributed by atoms with Crippen LogP contribution in [0, 0.1) is 0 Å². The van der Waals surface area contributed by atoms with Gasteiger partial charge in [0.25, 0.3) is 0 Å². The molecule has 0 N–H and O–H groups in total. The highest BCUT2D eigenvalue weighted by Gasteiger charge is 2.32. The zero-order chi connectivity index (χ0) is 11.1. The van der Waals surface area contributed by atoms with Crippen LogP contribution in [0.1, 0.15) is 22.3 Å². The van der Waals surface area contributed by atoms with E-state index in [0.717, 1.165) is 12.1 Å². The number of alkyl halides is 3. The highest BCUT2D eigenvalue weighted by atomic mass is 31.0. The lowest BCUT2D eigenvalue weighted by Crippen LogP contribution is -2.16. The monoisotopic (exact) mass is 284 g/mol. The topological polar surface area (TPSA) is 26.3 Å². The number of hydrogen-bond acceptors (Lipinski definition) is 2. The summed E-state index contributed by atoms with van der Waals surface area (Å²) >= 11 is 0. The van der Waals surface area contributed by atoms with Crippen LogP contribution in [0.5, 0.6) is 5.75 Å². The van der Waals surface area contributed by atoms with Crippen molar-refractivity contribution in [2.45, 2.75) is 12.6 Å². The lowest BCUT2D eigenvalue weighted by molar-refractivity contribution is -0.137. The molecule has 17 heavy (non-hydrogen) atoms. The number of halogens is 3. The number of ketones is 1. The van der Waals surface area contributed by atoms with Crippen LogP contribution >= 0.6 is 19.8 Å². The van der Waals surface area contributed by atoms with E-state index in [-0.39, 0.29) is 49.9 Å². The molecule has 0 bridgehead atoms. The Balaban J connectivity index is 0.00000128. The fraction of sp³-hybridized carbons (Fsp3) is 0.300. The van der Waals surface area contributed by atoms with Crippen LogP contribution in [0.3, 0.4) is 0 Å². The van der Waals surface area contributed by atoms with Gasteiger partial charge in [-0.25, -0.2) is 0 Å². The molecule has 1 aromatic carbocycles. The van der Waals surface area contributed by atoms with Crippen LogP contribution in [-0.2, 0) is 6.18 Å². The van der Waals surface area contributed by atoms with Crippen LogP contribution < -0.4 is 4.74 Å². The van der Waals surface area contributed by atoms with Gasteiger partial charge < -0.3 is 4.74 Å². The van der Waals surface area contributed by atoms with Crippen LogP contribution in [0.15, 0.2) is 18.2 Å². The maximum atomic E-state index is 12.3. The number of carbonyl (C=O) groups excluding carboxylic acids is 1. The van der Waals surface area contributed by atoms with Crippen molar-refractivity contribution in [1.29, 1.82) is 0 Å². The Labute approximate surface area is 103 Å². The Hall–Kier alpha value is -0.660. The molecule has 1 aliphatic heterocycles. The summed E-state index contributed by atoms with van der Waals surface area (Å²) in [6.45, 7) is 0.146. The predicted octanol–water partition coefficient (Wildman–Crippen LogP) is 2.79. The molecular formula is C10H13F3O2P2. The molecule has 2 nitrogen and oxygen atoms in total. The molecule has 0 saturated heterocycles. The Morgan fingerprint density at radius 1 is 1.18 bits per heavy atom. The molecule has 0 radical (unpaired) electrons. The summed E-state index contributed by atoms with van der Waals surface area (Å²) in [6.07, 6.45) is -4.18. The highest BCUT2D eigenvalue weighted by molar-refractivity contribution is 6.92. The summed E-state index contributed by atoms with van der Waals surface area (Å²) in [6, 6.07) is 2.93. The van der Waals surface area contributed by atoms with Crippen molar-refractivity contribution in [2.24, 2.45) is 0 Å². The van der Waals surface area contributed by atoms with Crippen molar-refractivity contribution in [3.8, 4) is 5.75 Å². The third kappa shape index (κ3) is 3.40. The van der Waals surface area contributed by atoms with Gasteiger partial charge in [0.15, 0.2) is 5.78 Å². The van der Waals surface area contributed by atoms with E-state index in [9.17, 15) is 18.0 Å². The van der Waals surface area contributed by atoms with Crippen molar-refractivity contribution < 1.29 is 22.7 Å². The van der Waals surface area contributed by atoms with Gasteiger partial charge in [0.05, 0.1) is 17.7 Å². The lowest BCUT2D eigenvalue weighted by atomic mass is 10.0. The van der Waals surface area contributed by atoms with Crippen molar-refractivity contribution in [3.63, 3.8) is 0 Å². The Kier molecular flexibility index (Phi) is 5.57. The molecule has 0 aromatic heterocycles. The van der Waals surface area contributed by atoms with Gasteiger partial charge in [0.2, 0.25) is 0 Å². The van der Waals surface area contributed by atoms with Crippen LogP contribution in [0.2, 0.25) is 0 Å². The van der Waals surface area contributed by atoms with Gasteiger partial charge in [-0.15, -0.1) is 0 Å². The van der Waals surface area contributed by atoms with E-state index < -0.39 is 11.7 Å². The second-order valence-corrected chi connectivity index (χ2v) is 3.23. The smallest absolute Gasteiger partial charge is 0.416 e. The fourth-order valence-electron chi connectivity index (χ4n) is 1.44. The second-order valence-electron chi connectivity index (χ2n) is 3.23. The standard InChI is InChI=1S/C10H7F3O2.2H3P/c11-10(12,13)6-1-2-7-8(14)3-4-15-9(7)5-6;;/h1-2,5H,3-4H2;2*1H3. The van der Waals surface area contributed by atoms with Crippen LogP contribution in [0.25, 0.3) is 0 Å². The largest absolute Gasteiger partial charge is 0.492 e. The molecule has 0 spiro atoms. The minimum absolute atomic E-state index is 0. The van der Waals surface area contributed by atoms with Crippen molar-refractivity contribution in [2.75, 3.05) is 6.61 Å². The fourth-order valence-corrected chi connectivity index (χ4v) is 1.44. The molecule has 0 saturated carbocycles. The first-order chi connectivity index (χ1) is 6.98. The summed E-state index contributed by atoms with van der Waals surface area (Å²) in [5, 5.41) is 0. The normalized spacial score (nSPS) is 13.9. The third-order valence-corrected chi connectivity index (χ3v) is 2.20.